The van der Waals surface area contributed by atoms with Crippen LogP contribution in [0.25, 0.3) is 0 Å². The van der Waals surface area contributed by atoms with Crippen molar-refractivity contribution in [1.82, 2.24) is 5.32 Å². The van der Waals surface area contributed by atoms with Crippen molar-refractivity contribution in [2.75, 3.05) is 5.88 Å². The average molecular weight is 244 g/mol. The van der Waals surface area contributed by atoms with E-state index in [1.165, 1.54) is 25.7 Å². The van der Waals surface area contributed by atoms with Gasteiger partial charge in [0.25, 0.3) is 0 Å². The minimum Gasteiger partial charge on any atom is -0.352 e. The zero-order valence-electron chi connectivity index (χ0n) is 10.0. The quantitative estimate of drug-likeness (QED) is 0.740. The lowest BCUT2D eigenvalue weighted by atomic mass is 9.86. The number of fused-ring (bicyclic) bond motifs is 2. The van der Waals surface area contributed by atoms with E-state index in [9.17, 15) is 4.79 Å². The van der Waals surface area contributed by atoms with Crippen LogP contribution in [-0.4, -0.2) is 17.8 Å². The highest BCUT2D eigenvalue weighted by Crippen LogP contribution is 2.49. The molecule has 2 nitrogen and oxygen atoms in total. The minimum absolute atomic E-state index is 0.160. The lowest BCUT2D eigenvalue weighted by Crippen LogP contribution is -2.37. The molecule has 1 amide bonds. The van der Waals surface area contributed by atoms with Crippen molar-refractivity contribution in [1.29, 1.82) is 0 Å². The van der Waals surface area contributed by atoms with Gasteiger partial charge >= 0.3 is 0 Å². The second kappa shape index (κ2) is 5.39. The molecular formula is C13H22ClNO. The Hall–Kier alpha value is -0.240. The van der Waals surface area contributed by atoms with Gasteiger partial charge in [-0.15, -0.1) is 11.6 Å². The molecule has 2 fully saturated rings. The number of hydrogen-bond donors (Lipinski definition) is 1. The van der Waals surface area contributed by atoms with Gasteiger partial charge in [0.05, 0.1) is 0 Å². The van der Waals surface area contributed by atoms with Crippen LogP contribution in [0, 0.1) is 17.8 Å². The average Bonchev–Trinajstić information content (AvgIpc) is 2.87. The van der Waals surface area contributed by atoms with Gasteiger partial charge < -0.3 is 5.32 Å². The summed E-state index contributed by atoms with van der Waals surface area (Å²) in [6, 6.07) is 0.160. The zero-order valence-corrected chi connectivity index (χ0v) is 10.8. The number of alkyl halides is 1. The summed E-state index contributed by atoms with van der Waals surface area (Å²) in [4.78, 5) is 11.8. The summed E-state index contributed by atoms with van der Waals surface area (Å²) in [6.07, 6.45) is 7.08. The molecule has 0 aromatic heterocycles. The Morgan fingerprint density at radius 3 is 2.75 bits per heavy atom. The maximum absolute atomic E-state index is 11.8. The largest absolute Gasteiger partial charge is 0.352 e. The summed E-state index contributed by atoms with van der Waals surface area (Å²) in [5, 5.41) is 3.03. The molecule has 3 heteroatoms. The molecule has 0 spiro atoms. The molecule has 0 heterocycles. The third kappa shape index (κ3) is 2.71. The minimum atomic E-state index is 0.160. The Bertz CT molecular complexity index is 252. The number of hydrogen-bond acceptors (Lipinski definition) is 1. The first-order valence-electron chi connectivity index (χ1n) is 6.58. The molecule has 1 N–H and O–H groups in total. The van der Waals surface area contributed by atoms with Gasteiger partial charge in [0.1, 0.15) is 0 Å². The molecule has 4 atom stereocenters. The van der Waals surface area contributed by atoms with Gasteiger partial charge in [-0.25, -0.2) is 0 Å². The van der Waals surface area contributed by atoms with Crippen LogP contribution in [0.5, 0.6) is 0 Å². The van der Waals surface area contributed by atoms with E-state index >= 15 is 0 Å². The molecule has 2 saturated carbocycles. The van der Waals surface area contributed by atoms with Crippen LogP contribution in [0.1, 0.15) is 45.4 Å². The Labute approximate surface area is 103 Å². The van der Waals surface area contributed by atoms with E-state index in [2.05, 4.69) is 12.2 Å². The summed E-state index contributed by atoms with van der Waals surface area (Å²) in [5.74, 6) is 3.17. The monoisotopic (exact) mass is 243 g/mol. The van der Waals surface area contributed by atoms with Crippen LogP contribution >= 0.6 is 11.6 Å². The summed E-state index contributed by atoms with van der Waals surface area (Å²) < 4.78 is 0. The fourth-order valence-electron chi connectivity index (χ4n) is 3.40. The summed E-state index contributed by atoms with van der Waals surface area (Å²) >= 11 is 5.78. The van der Waals surface area contributed by atoms with Crippen LogP contribution < -0.4 is 5.32 Å². The third-order valence-electron chi connectivity index (χ3n) is 4.38. The molecule has 4 unspecified atom stereocenters. The van der Waals surface area contributed by atoms with Crippen LogP contribution in [0.2, 0.25) is 0 Å². The van der Waals surface area contributed by atoms with Gasteiger partial charge in [-0.05, 0) is 43.4 Å². The summed E-state index contributed by atoms with van der Waals surface area (Å²) in [6.45, 7) is 2.06. The van der Waals surface area contributed by atoms with E-state index in [1.807, 2.05) is 0 Å². The molecule has 92 valence electrons. The molecule has 2 aliphatic carbocycles. The molecule has 0 aliphatic heterocycles. The van der Waals surface area contributed by atoms with Gasteiger partial charge in [-0.1, -0.05) is 13.3 Å². The van der Waals surface area contributed by atoms with Crippen molar-refractivity contribution in [3.05, 3.63) is 0 Å². The second-order valence-electron chi connectivity index (χ2n) is 5.47. The van der Waals surface area contributed by atoms with Crippen LogP contribution in [0.4, 0.5) is 0 Å². The SMILES string of the molecule is CCC(CCl)NC(=O)CC1CC2CCC1C2. The smallest absolute Gasteiger partial charge is 0.220 e. The topological polar surface area (TPSA) is 29.1 Å². The number of rotatable bonds is 5. The van der Waals surface area contributed by atoms with E-state index in [-0.39, 0.29) is 11.9 Å². The predicted molar refractivity (Wildman–Crippen MR) is 66.5 cm³/mol. The van der Waals surface area contributed by atoms with Gasteiger partial charge in [-0.3, -0.25) is 4.79 Å². The van der Waals surface area contributed by atoms with Crippen LogP contribution in [0.3, 0.4) is 0 Å². The lowest BCUT2D eigenvalue weighted by molar-refractivity contribution is -0.123. The Morgan fingerprint density at radius 1 is 1.44 bits per heavy atom. The molecule has 0 radical (unpaired) electrons. The number of carbonyl (C=O) groups excluding carboxylic acids is 1. The fraction of sp³-hybridized carbons (Fsp3) is 0.923. The Kier molecular flexibility index (Phi) is 4.12. The van der Waals surface area contributed by atoms with Gasteiger partial charge in [-0.2, -0.15) is 0 Å². The standard InChI is InChI=1S/C13H22ClNO/c1-2-12(8-14)15-13(16)7-11-6-9-3-4-10(11)5-9/h9-12H,2-8H2,1H3,(H,15,16). The van der Waals surface area contributed by atoms with E-state index in [0.717, 1.165) is 24.7 Å². The highest BCUT2D eigenvalue weighted by molar-refractivity contribution is 6.18. The molecular weight excluding hydrogens is 222 g/mol. The van der Waals surface area contributed by atoms with E-state index < -0.39 is 0 Å². The van der Waals surface area contributed by atoms with Crippen molar-refractivity contribution < 1.29 is 4.79 Å². The van der Waals surface area contributed by atoms with Crippen LogP contribution in [-0.2, 0) is 4.79 Å². The highest BCUT2D eigenvalue weighted by Gasteiger charge is 2.40. The van der Waals surface area contributed by atoms with E-state index in [1.54, 1.807) is 0 Å². The molecule has 16 heavy (non-hydrogen) atoms. The molecule has 2 rings (SSSR count). The number of carbonyl (C=O) groups is 1. The highest BCUT2D eigenvalue weighted by atomic mass is 35.5. The van der Waals surface area contributed by atoms with Crippen molar-refractivity contribution in [2.45, 2.75) is 51.5 Å². The Balaban J connectivity index is 1.75. The summed E-state index contributed by atoms with van der Waals surface area (Å²) in [7, 11) is 0. The Morgan fingerprint density at radius 2 is 2.25 bits per heavy atom. The summed E-state index contributed by atoms with van der Waals surface area (Å²) in [5.41, 5.74) is 0. The van der Waals surface area contributed by atoms with Crippen molar-refractivity contribution >= 4 is 17.5 Å². The second-order valence-corrected chi connectivity index (χ2v) is 5.77. The number of amides is 1. The fourth-order valence-corrected chi connectivity index (χ4v) is 3.70. The molecule has 2 bridgehead atoms. The maximum Gasteiger partial charge on any atom is 0.220 e. The molecule has 0 aromatic carbocycles. The first kappa shape index (κ1) is 12.2. The van der Waals surface area contributed by atoms with Gasteiger partial charge in [0.2, 0.25) is 5.91 Å². The first-order valence-corrected chi connectivity index (χ1v) is 7.11. The molecule has 2 aliphatic rings. The molecule has 0 saturated heterocycles. The van der Waals surface area contributed by atoms with Crippen molar-refractivity contribution in [3.63, 3.8) is 0 Å². The van der Waals surface area contributed by atoms with Crippen molar-refractivity contribution in [3.8, 4) is 0 Å². The number of nitrogens with one attached hydrogen (secondary N) is 1. The normalized spacial score (nSPS) is 34.0. The molecule has 0 aromatic rings. The van der Waals surface area contributed by atoms with Crippen LogP contribution in [0.15, 0.2) is 0 Å². The van der Waals surface area contributed by atoms with Gasteiger partial charge in [0, 0.05) is 18.3 Å². The first-order chi connectivity index (χ1) is 7.72. The van der Waals surface area contributed by atoms with E-state index in [0.29, 0.717) is 11.8 Å². The predicted octanol–water partition coefficient (Wildman–Crippen LogP) is 2.95. The zero-order chi connectivity index (χ0) is 11.5. The van der Waals surface area contributed by atoms with Crippen molar-refractivity contribution in [2.24, 2.45) is 17.8 Å². The third-order valence-corrected chi connectivity index (χ3v) is 4.75. The number of halogens is 1. The lowest BCUT2D eigenvalue weighted by Gasteiger charge is -2.22. The van der Waals surface area contributed by atoms with Gasteiger partial charge in [0.15, 0.2) is 0 Å². The van der Waals surface area contributed by atoms with E-state index in [4.69, 9.17) is 11.6 Å². The maximum atomic E-state index is 11.8.